The predicted molar refractivity (Wildman–Crippen MR) is 188 cm³/mol. The Morgan fingerprint density at radius 2 is 0.651 bits per heavy atom. The van der Waals surface area contributed by atoms with Crippen molar-refractivity contribution in [3.8, 4) is 22.6 Å². The molecule has 4 heteroatoms. The summed E-state index contributed by atoms with van der Waals surface area (Å²) in [6, 6.07) is 38.3. The van der Waals surface area contributed by atoms with E-state index in [0.717, 1.165) is 45.1 Å². The van der Waals surface area contributed by atoms with E-state index in [0.29, 0.717) is 0 Å². The first-order chi connectivity index (χ1) is 20.7. The molecular formula is C39H40N3O+. The molecule has 0 saturated heterocycles. The molecule has 0 aliphatic carbocycles. The lowest BCUT2D eigenvalue weighted by molar-refractivity contribution is 0.581. The van der Waals surface area contributed by atoms with E-state index in [1.165, 1.54) is 16.8 Å². The number of rotatable bonds is 9. The highest BCUT2D eigenvalue weighted by molar-refractivity contribution is 5.77. The van der Waals surface area contributed by atoms with Gasteiger partial charge in [-0.2, -0.15) is 0 Å². The lowest BCUT2D eigenvalue weighted by atomic mass is 10.0. The predicted octanol–water partition coefficient (Wildman–Crippen LogP) is 9.43. The van der Waals surface area contributed by atoms with Crippen LogP contribution >= 0.6 is 0 Å². The third-order valence-corrected chi connectivity index (χ3v) is 7.43. The molecule has 4 nitrogen and oxygen atoms in total. The Labute approximate surface area is 256 Å². The highest BCUT2D eigenvalue weighted by Gasteiger charge is 2.19. The summed E-state index contributed by atoms with van der Waals surface area (Å²) in [6.45, 7) is 0. The average Bonchev–Trinajstić information content (AvgIpc) is 3.03. The summed E-state index contributed by atoms with van der Waals surface area (Å²) in [5, 5.41) is 0. The van der Waals surface area contributed by atoms with Gasteiger partial charge in [-0.05, 0) is 82.9 Å². The van der Waals surface area contributed by atoms with Crippen LogP contribution in [0.3, 0.4) is 0 Å². The van der Waals surface area contributed by atoms with Gasteiger partial charge in [-0.25, -0.2) is 4.42 Å². The minimum atomic E-state index is 0.832. The zero-order valence-corrected chi connectivity index (χ0v) is 26.0. The normalized spacial score (nSPS) is 11.3. The van der Waals surface area contributed by atoms with Gasteiger partial charge in [0.25, 0.3) is 0 Å². The first-order valence-corrected chi connectivity index (χ1v) is 14.5. The van der Waals surface area contributed by atoms with Gasteiger partial charge in [0, 0.05) is 59.3 Å². The molecule has 0 atom stereocenters. The molecule has 4 aromatic carbocycles. The zero-order chi connectivity index (χ0) is 30.3. The van der Waals surface area contributed by atoms with Crippen LogP contribution in [0.2, 0.25) is 0 Å². The van der Waals surface area contributed by atoms with E-state index in [4.69, 9.17) is 4.42 Å². The Morgan fingerprint density at radius 1 is 0.372 bits per heavy atom. The molecule has 0 aliphatic rings. The molecule has 5 rings (SSSR count). The average molecular weight is 567 g/mol. The van der Waals surface area contributed by atoms with E-state index in [1.807, 2.05) is 28.2 Å². The van der Waals surface area contributed by atoms with Crippen molar-refractivity contribution in [2.45, 2.75) is 0 Å². The Hall–Kier alpha value is -5.09. The molecule has 1 heterocycles. The van der Waals surface area contributed by atoms with E-state index in [9.17, 15) is 0 Å². The van der Waals surface area contributed by atoms with Gasteiger partial charge < -0.3 is 14.7 Å². The maximum Gasteiger partial charge on any atom is 0.361 e. The molecule has 43 heavy (non-hydrogen) atoms. The van der Waals surface area contributed by atoms with E-state index < -0.39 is 0 Å². The number of benzene rings is 4. The van der Waals surface area contributed by atoms with E-state index in [1.54, 1.807) is 0 Å². The summed E-state index contributed by atoms with van der Waals surface area (Å²) < 4.78 is 6.47. The van der Waals surface area contributed by atoms with Gasteiger partial charge in [0.1, 0.15) is 0 Å². The number of hydrogen-bond acceptors (Lipinski definition) is 3. The lowest BCUT2D eigenvalue weighted by Gasteiger charge is -2.12. The fraction of sp³-hybridized carbons (Fsp3) is 0.154. The standard InChI is InChI=1S/C39H40N3O/c1-40(2)35-21-15-31(16-22-35)12-11-29-7-9-30(10-8-29)13-14-32-27-38(33-17-23-36(24-18-33)41(3)4)43-39(28-32)34-19-25-37(26-20-34)42(5)6/h7-28H,1-6H3/q+1. The van der Waals surface area contributed by atoms with Gasteiger partial charge in [-0.1, -0.05) is 60.7 Å². The highest BCUT2D eigenvalue weighted by Crippen LogP contribution is 2.31. The Balaban J connectivity index is 1.39. The number of hydrogen-bond donors (Lipinski definition) is 0. The van der Waals surface area contributed by atoms with Gasteiger partial charge >= 0.3 is 11.5 Å². The lowest BCUT2D eigenvalue weighted by Crippen LogP contribution is -2.08. The molecule has 0 unspecified atom stereocenters. The van der Waals surface area contributed by atoms with Gasteiger partial charge in [-0.15, -0.1) is 0 Å². The molecule has 0 amide bonds. The smallest absolute Gasteiger partial charge is 0.361 e. The van der Waals surface area contributed by atoms with Gasteiger partial charge in [0.2, 0.25) is 0 Å². The van der Waals surface area contributed by atoms with Crippen LogP contribution in [0, 0.1) is 0 Å². The fourth-order valence-corrected chi connectivity index (χ4v) is 4.74. The largest absolute Gasteiger partial charge is 0.378 e. The molecule has 216 valence electrons. The minimum absolute atomic E-state index is 0.832. The van der Waals surface area contributed by atoms with Crippen molar-refractivity contribution >= 4 is 41.4 Å². The van der Waals surface area contributed by atoms with E-state index in [-0.39, 0.29) is 0 Å². The molecule has 0 radical (unpaired) electrons. The Kier molecular flexibility index (Phi) is 9.07. The fourth-order valence-electron chi connectivity index (χ4n) is 4.74. The SMILES string of the molecule is CN(C)c1ccc(C=Cc2ccc(C=Cc3cc(-c4ccc(N(C)C)cc4)[o+]c(-c4ccc(N(C)C)cc4)c3)cc2)cc1. The first-order valence-electron chi connectivity index (χ1n) is 14.5. The van der Waals surface area contributed by atoms with E-state index in [2.05, 4.69) is 162 Å². The molecule has 5 aromatic rings. The summed E-state index contributed by atoms with van der Waals surface area (Å²) in [5.74, 6) is 1.66. The van der Waals surface area contributed by atoms with Crippen molar-refractivity contribution < 1.29 is 4.42 Å². The van der Waals surface area contributed by atoms with Crippen LogP contribution in [-0.2, 0) is 0 Å². The minimum Gasteiger partial charge on any atom is -0.378 e. The highest BCUT2D eigenvalue weighted by atomic mass is 16.3. The molecule has 0 aliphatic heterocycles. The van der Waals surface area contributed by atoms with Crippen LogP contribution in [0.5, 0.6) is 0 Å². The summed E-state index contributed by atoms with van der Waals surface area (Å²) in [4.78, 5) is 6.30. The molecule has 0 N–H and O–H groups in total. The summed E-state index contributed by atoms with van der Waals surface area (Å²) in [7, 11) is 12.3. The third-order valence-electron chi connectivity index (χ3n) is 7.43. The zero-order valence-electron chi connectivity index (χ0n) is 26.0. The molecule has 0 fully saturated rings. The van der Waals surface area contributed by atoms with Gasteiger partial charge in [0.05, 0.1) is 23.3 Å². The van der Waals surface area contributed by atoms with Crippen molar-refractivity contribution in [1.29, 1.82) is 0 Å². The number of nitrogens with zero attached hydrogens (tertiary/aromatic N) is 3. The maximum absolute atomic E-state index is 6.47. The molecule has 0 bridgehead atoms. The summed E-state index contributed by atoms with van der Waals surface area (Å²) >= 11 is 0. The maximum atomic E-state index is 6.47. The van der Waals surface area contributed by atoms with Crippen molar-refractivity contribution in [3.63, 3.8) is 0 Å². The van der Waals surface area contributed by atoms with E-state index >= 15 is 0 Å². The third kappa shape index (κ3) is 7.60. The van der Waals surface area contributed by atoms with Gasteiger partial charge in [0.15, 0.2) is 0 Å². The topological polar surface area (TPSA) is 21.0 Å². The molecule has 0 spiro atoms. The molecular weight excluding hydrogens is 526 g/mol. The quantitative estimate of drug-likeness (QED) is 0.131. The van der Waals surface area contributed by atoms with Crippen LogP contribution < -0.4 is 14.7 Å². The van der Waals surface area contributed by atoms with Crippen LogP contribution in [0.25, 0.3) is 47.0 Å². The second-order valence-electron chi connectivity index (χ2n) is 11.3. The van der Waals surface area contributed by atoms with Crippen LogP contribution in [-0.4, -0.2) is 42.3 Å². The van der Waals surface area contributed by atoms with Crippen LogP contribution in [0.1, 0.15) is 22.3 Å². The molecule has 1 aromatic heterocycles. The monoisotopic (exact) mass is 566 g/mol. The van der Waals surface area contributed by atoms with Crippen LogP contribution in [0.4, 0.5) is 17.1 Å². The van der Waals surface area contributed by atoms with Crippen molar-refractivity contribution in [3.05, 3.63) is 131 Å². The summed E-state index contributed by atoms with van der Waals surface area (Å²) in [5.41, 5.74) is 10.2. The Morgan fingerprint density at radius 3 is 0.977 bits per heavy atom. The number of anilines is 3. The second kappa shape index (κ2) is 13.3. The second-order valence-corrected chi connectivity index (χ2v) is 11.3. The van der Waals surface area contributed by atoms with Crippen molar-refractivity contribution in [1.82, 2.24) is 0 Å². The molecule has 0 saturated carbocycles. The first kappa shape index (κ1) is 29.4. The van der Waals surface area contributed by atoms with Crippen molar-refractivity contribution in [2.24, 2.45) is 0 Å². The van der Waals surface area contributed by atoms with Crippen LogP contribution in [0.15, 0.2) is 114 Å². The van der Waals surface area contributed by atoms with Gasteiger partial charge in [-0.3, -0.25) is 0 Å². The Bertz CT molecular complexity index is 1630. The summed E-state index contributed by atoms with van der Waals surface area (Å²) in [6.07, 6.45) is 8.61. The van der Waals surface area contributed by atoms with Crippen molar-refractivity contribution in [2.75, 3.05) is 57.0 Å².